The van der Waals surface area contributed by atoms with Crippen molar-refractivity contribution in [1.29, 1.82) is 0 Å². The molecule has 16 heavy (non-hydrogen) atoms. The fraction of sp³-hybridized carbons (Fsp3) is 0.909. The number of nitrogens with one attached hydrogen (secondary N) is 1. The first-order valence-corrected chi connectivity index (χ1v) is 5.97. The van der Waals surface area contributed by atoms with E-state index in [2.05, 4.69) is 55.0 Å². The fourth-order valence-electron chi connectivity index (χ4n) is 2.03. The third kappa shape index (κ3) is 3.09. The van der Waals surface area contributed by atoms with Gasteiger partial charge in [0.05, 0.1) is 0 Å². The summed E-state index contributed by atoms with van der Waals surface area (Å²) in [5, 5.41) is 0. The lowest BCUT2D eigenvalue weighted by Crippen LogP contribution is -2.59. The second-order valence-electron chi connectivity index (χ2n) is 4.96. The SMILES string of the molecule is CC(C)N=C(NN)N1CC(C)N(C)C(C)C1. The summed E-state index contributed by atoms with van der Waals surface area (Å²) in [7, 11) is 2.17. The number of likely N-dealkylation sites (N-methyl/N-ethyl adjacent to an activating group) is 1. The molecule has 1 fully saturated rings. The Morgan fingerprint density at radius 1 is 1.31 bits per heavy atom. The largest absolute Gasteiger partial charge is 0.339 e. The van der Waals surface area contributed by atoms with E-state index in [1.165, 1.54) is 0 Å². The van der Waals surface area contributed by atoms with Gasteiger partial charge in [0.15, 0.2) is 0 Å². The van der Waals surface area contributed by atoms with Gasteiger partial charge in [-0.25, -0.2) is 10.8 Å². The second kappa shape index (κ2) is 5.50. The maximum Gasteiger partial charge on any atom is 0.208 e. The van der Waals surface area contributed by atoms with Crippen molar-refractivity contribution in [1.82, 2.24) is 15.2 Å². The Bertz CT molecular complexity index is 239. The molecule has 0 saturated carbocycles. The number of hydrazine groups is 1. The van der Waals surface area contributed by atoms with Crippen LogP contribution in [0.2, 0.25) is 0 Å². The van der Waals surface area contributed by atoms with Crippen LogP contribution >= 0.6 is 0 Å². The van der Waals surface area contributed by atoms with Gasteiger partial charge in [-0.2, -0.15) is 0 Å². The van der Waals surface area contributed by atoms with Crippen LogP contribution in [-0.2, 0) is 0 Å². The van der Waals surface area contributed by atoms with Gasteiger partial charge in [-0.05, 0) is 34.7 Å². The number of guanidine groups is 1. The predicted molar refractivity (Wildman–Crippen MR) is 68.2 cm³/mol. The highest BCUT2D eigenvalue weighted by Crippen LogP contribution is 2.13. The van der Waals surface area contributed by atoms with Gasteiger partial charge < -0.3 is 4.90 Å². The lowest BCUT2D eigenvalue weighted by atomic mass is 10.1. The highest BCUT2D eigenvalue weighted by Gasteiger charge is 2.28. The van der Waals surface area contributed by atoms with Gasteiger partial charge in [-0.15, -0.1) is 0 Å². The number of rotatable bonds is 1. The van der Waals surface area contributed by atoms with Crippen molar-refractivity contribution in [2.75, 3.05) is 20.1 Å². The normalized spacial score (nSPS) is 28.7. The van der Waals surface area contributed by atoms with E-state index in [-0.39, 0.29) is 6.04 Å². The molecule has 0 bridgehead atoms. The molecule has 5 heteroatoms. The van der Waals surface area contributed by atoms with Crippen LogP contribution in [0.15, 0.2) is 4.99 Å². The topological polar surface area (TPSA) is 56.9 Å². The highest BCUT2D eigenvalue weighted by molar-refractivity contribution is 5.79. The monoisotopic (exact) mass is 227 g/mol. The summed E-state index contributed by atoms with van der Waals surface area (Å²) < 4.78 is 0. The Labute approximate surface area is 98.7 Å². The molecule has 2 unspecified atom stereocenters. The minimum Gasteiger partial charge on any atom is -0.339 e. The maximum atomic E-state index is 5.54. The summed E-state index contributed by atoms with van der Waals surface area (Å²) in [4.78, 5) is 9.12. The van der Waals surface area contributed by atoms with E-state index in [0.717, 1.165) is 19.0 Å². The van der Waals surface area contributed by atoms with Crippen LogP contribution in [0.4, 0.5) is 0 Å². The fourth-order valence-corrected chi connectivity index (χ4v) is 2.03. The molecule has 1 aliphatic rings. The Morgan fingerprint density at radius 3 is 2.19 bits per heavy atom. The molecule has 0 spiro atoms. The molecule has 0 aliphatic carbocycles. The summed E-state index contributed by atoms with van der Waals surface area (Å²) in [6, 6.07) is 1.31. The first-order chi connectivity index (χ1) is 7.45. The van der Waals surface area contributed by atoms with Gasteiger partial charge in [0.1, 0.15) is 0 Å². The number of piperazine rings is 1. The molecule has 2 atom stereocenters. The van der Waals surface area contributed by atoms with Crippen LogP contribution in [0.25, 0.3) is 0 Å². The standard InChI is InChI=1S/C11H25N5/c1-8(2)13-11(14-12)16-6-9(3)15(5)10(4)7-16/h8-10H,6-7,12H2,1-5H3,(H,13,14). The summed E-state index contributed by atoms with van der Waals surface area (Å²) >= 11 is 0. The van der Waals surface area contributed by atoms with E-state index in [4.69, 9.17) is 5.84 Å². The predicted octanol–water partition coefficient (Wildman–Crippen LogP) is 0.239. The minimum atomic E-state index is 0.260. The number of nitrogens with zero attached hydrogens (tertiary/aromatic N) is 3. The summed E-state index contributed by atoms with van der Waals surface area (Å²) in [5.41, 5.74) is 2.72. The molecule has 0 aromatic rings. The van der Waals surface area contributed by atoms with E-state index >= 15 is 0 Å². The average molecular weight is 227 g/mol. The number of nitrogens with two attached hydrogens (primary N) is 1. The Balaban J connectivity index is 2.73. The molecule has 1 heterocycles. The van der Waals surface area contributed by atoms with Crippen molar-refractivity contribution in [3.05, 3.63) is 0 Å². The second-order valence-corrected chi connectivity index (χ2v) is 4.96. The van der Waals surface area contributed by atoms with Crippen LogP contribution in [0.1, 0.15) is 27.7 Å². The quantitative estimate of drug-likeness (QED) is 0.292. The first kappa shape index (κ1) is 13.3. The van der Waals surface area contributed by atoms with E-state index in [9.17, 15) is 0 Å². The summed E-state index contributed by atoms with van der Waals surface area (Å²) in [5.74, 6) is 6.35. The Kier molecular flexibility index (Phi) is 4.56. The van der Waals surface area contributed by atoms with Gasteiger partial charge in [0.25, 0.3) is 0 Å². The lowest BCUT2D eigenvalue weighted by Gasteiger charge is -2.43. The number of hydrogen-bond donors (Lipinski definition) is 2. The first-order valence-electron chi connectivity index (χ1n) is 5.97. The van der Waals surface area contributed by atoms with Gasteiger partial charge >= 0.3 is 0 Å². The molecule has 3 N–H and O–H groups in total. The molecular formula is C11H25N5. The van der Waals surface area contributed by atoms with Crippen molar-refractivity contribution in [3.8, 4) is 0 Å². The third-order valence-corrected chi connectivity index (χ3v) is 3.17. The van der Waals surface area contributed by atoms with Crippen LogP contribution in [0, 0.1) is 0 Å². The minimum absolute atomic E-state index is 0.260. The van der Waals surface area contributed by atoms with E-state index in [1.54, 1.807) is 0 Å². The van der Waals surface area contributed by atoms with Gasteiger partial charge in [0.2, 0.25) is 5.96 Å². The smallest absolute Gasteiger partial charge is 0.208 e. The zero-order valence-corrected chi connectivity index (χ0v) is 11.1. The van der Waals surface area contributed by atoms with Crippen LogP contribution in [0.5, 0.6) is 0 Å². The Morgan fingerprint density at radius 2 is 1.81 bits per heavy atom. The van der Waals surface area contributed by atoms with Gasteiger partial charge in [0, 0.05) is 31.2 Å². The molecule has 1 saturated heterocycles. The van der Waals surface area contributed by atoms with Crippen molar-refractivity contribution in [2.24, 2.45) is 10.8 Å². The Hall–Kier alpha value is -0.810. The van der Waals surface area contributed by atoms with Gasteiger partial charge in [-0.1, -0.05) is 0 Å². The molecule has 1 rings (SSSR count). The van der Waals surface area contributed by atoms with Gasteiger partial charge in [-0.3, -0.25) is 10.3 Å². The zero-order valence-electron chi connectivity index (χ0n) is 11.1. The number of hydrogen-bond acceptors (Lipinski definition) is 3. The van der Waals surface area contributed by atoms with E-state index in [1.807, 2.05) is 0 Å². The molecule has 0 aromatic carbocycles. The van der Waals surface area contributed by atoms with E-state index < -0.39 is 0 Å². The maximum absolute atomic E-state index is 5.54. The average Bonchev–Trinajstić information content (AvgIpc) is 2.21. The molecule has 1 aliphatic heterocycles. The van der Waals surface area contributed by atoms with Crippen molar-refractivity contribution in [3.63, 3.8) is 0 Å². The zero-order chi connectivity index (χ0) is 12.3. The lowest BCUT2D eigenvalue weighted by molar-refractivity contribution is 0.0965. The molecule has 0 amide bonds. The van der Waals surface area contributed by atoms with Crippen molar-refractivity contribution < 1.29 is 0 Å². The molecular weight excluding hydrogens is 202 g/mol. The summed E-state index contributed by atoms with van der Waals surface area (Å²) in [6.07, 6.45) is 0. The van der Waals surface area contributed by atoms with Crippen LogP contribution < -0.4 is 11.3 Å². The van der Waals surface area contributed by atoms with Crippen molar-refractivity contribution in [2.45, 2.75) is 45.8 Å². The molecule has 0 aromatic heterocycles. The van der Waals surface area contributed by atoms with Crippen molar-refractivity contribution >= 4 is 5.96 Å². The third-order valence-electron chi connectivity index (χ3n) is 3.17. The van der Waals surface area contributed by atoms with E-state index in [0.29, 0.717) is 12.1 Å². The molecule has 0 radical (unpaired) electrons. The highest BCUT2D eigenvalue weighted by atomic mass is 15.4. The van der Waals surface area contributed by atoms with Crippen LogP contribution in [-0.4, -0.2) is 54.0 Å². The van der Waals surface area contributed by atoms with Crippen LogP contribution in [0.3, 0.4) is 0 Å². The number of aliphatic imine (C=N–C) groups is 1. The molecule has 5 nitrogen and oxygen atoms in total. The molecule has 94 valence electrons. The summed E-state index contributed by atoms with van der Waals surface area (Å²) in [6.45, 7) is 10.5.